The minimum atomic E-state index is -0.118. The van der Waals surface area contributed by atoms with Gasteiger partial charge in [-0.3, -0.25) is 9.69 Å². The largest absolute Gasteiger partial charge is 0.497 e. The number of hydrogen-bond acceptors (Lipinski definition) is 4. The van der Waals surface area contributed by atoms with Gasteiger partial charge in [0, 0.05) is 37.4 Å². The first-order valence-corrected chi connectivity index (χ1v) is 11.1. The molecule has 0 bridgehead atoms. The first kappa shape index (κ1) is 20.5. The second-order valence-corrected chi connectivity index (χ2v) is 8.42. The summed E-state index contributed by atoms with van der Waals surface area (Å²) in [5.41, 5.74) is 4.32. The molecule has 6 nitrogen and oxygen atoms in total. The van der Waals surface area contributed by atoms with Gasteiger partial charge in [-0.15, -0.1) is 0 Å². The van der Waals surface area contributed by atoms with Crippen LogP contribution in [0.5, 0.6) is 5.75 Å². The molecule has 0 N–H and O–H groups in total. The van der Waals surface area contributed by atoms with Crippen LogP contribution in [0.1, 0.15) is 42.2 Å². The summed E-state index contributed by atoms with van der Waals surface area (Å²) in [6, 6.07) is 22.4. The summed E-state index contributed by atoms with van der Waals surface area (Å²) >= 11 is 0. The van der Waals surface area contributed by atoms with Crippen LogP contribution < -0.4 is 4.74 Å². The Labute approximate surface area is 188 Å². The first-order valence-electron chi connectivity index (χ1n) is 11.1. The highest BCUT2D eigenvalue weighted by atomic mass is 16.5. The molecule has 2 aromatic carbocycles. The maximum Gasteiger partial charge on any atom is 0.257 e. The minimum absolute atomic E-state index is 0.0311. The molecule has 32 heavy (non-hydrogen) atoms. The molecule has 0 saturated carbocycles. The number of ether oxygens (including phenoxy) is 1. The van der Waals surface area contributed by atoms with Gasteiger partial charge in [-0.2, -0.15) is 5.10 Å². The smallest absolute Gasteiger partial charge is 0.257 e. The van der Waals surface area contributed by atoms with Crippen LogP contribution in [0.3, 0.4) is 0 Å². The van der Waals surface area contributed by atoms with E-state index in [2.05, 4.69) is 46.9 Å². The van der Waals surface area contributed by atoms with Gasteiger partial charge in [0.2, 0.25) is 0 Å². The number of hydrazone groups is 1. The van der Waals surface area contributed by atoms with Crippen LogP contribution >= 0.6 is 0 Å². The van der Waals surface area contributed by atoms with Gasteiger partial charge in [0.25, 0.3) is 5.91 Å². The average Bonchev–Trinajstić information content (AvgIpc) is 3.50. The lowest BCUT2D eigenvalue weighted by molar-refractivity contribution is -0.135. The molecule has 2 aliphatic heterocycles. The summed E-state index contributed by atoms with van der Waals surface area (Å²) < 4.78 is 7.58. The monoisotopic (exact) mass is 428 g/mol. The quantitative estimate of drug-likeness (QED) is 0.610. The van der Waals surface area contributed by atoms with Crippen LogP contribution in [0.2, 0.25) is 0 Å². The molecule has 0 aliphatic carbocycles. The highest BCUT2D eigenvalue weighted by molar-refractivity contribution is 6.03. The van der Waals surface area contributed by atoms with Crippen molar-refractivity contribution in [2.24, 2.45) is 5.10 Å². The van der Waals surface area contributed by atoms with E-state index in [1.807, 2.05) is 42.5 Å². The van der Waals surface area contributed by atoms with Gasteiger partial charge in [-0.1, -0.05) is 42.5 Å². The third-order valence-corrected chi connectivity index (χ3v) is 6.58. The van der Waals surface area contributed by atoms with Crippen LogP contribution in [0.25, 0.3) is 0 Å². The van der Waals surface area contributed by atoms with Crippen LogP contribution in [0.4, 0.5) is 0 Å². The Morgan fingerprint density at radius 3 is 2.56 bits per heavy atom. The number of nitrogens with zero attached hydrogens (tertiary/aromatic N) is 4. The summed E-state index contributed by atoms with van der Waals surface area (Å²) in [6.07, 6.45) is 2.81. The number of hydrogen-bond donors (Lipinski definition) is 0. The van der Waals surface area contributed by atoms with Gasteiger partial charge in [0.15, 0.2) is 0 Å². The topological polar surface area (TPSA) is 50.1 Å². The number of methoxy groups -OCH3 is 1. The maximum atomic E-state index is 13.5. The molecule has 1 aromatic heterocycles. The molecule has 2 aliphatic rings. The average molecular weight is 429 g/mol. The molecule has 6 heteroatoms. The van der Waals surface area contributed by atoms with E-state index in [1.54, 1.807) is 12.1 Å². The summed E-state index contributed by atoms with van der Waals surface area (Å²) in [4.78, 5) is 15.8. The third kappa shape index (κ3) is 3.82. The van der Waals surface area contributed by atoms with E-state index in [-0.39, 0.29) is 18.0 Å². The summed E-state index contributed by atoms with van der Waals surface area (Å²) in [6.45, 7) is 4.28. The van der Waals surface area contributed by atoms with Gasteiger partial charge in [0.05, 0.1) is 25.4 Å². The Bertz CT molecular complexity index is 1120. The lowest BCUT2D eigenvalue weighted by Gasteiger charge is -2.35. The van der Waals surface area contributed by atoms with E-state index in [1.165, 1.54) is 5.69 Å². The van der Waals surface area contributed by atoms with Crippen LogP contribution in [-0.2, 0) is 11.3 Å². The SMILES string of the molecule is COc1ccc([C@@H]2CC(c3ccccc3)=NN2C(=O)CN2CCn3cccc3[C@H]2C)cc1. The van der Waals surface area contributed by atoms with Crippen molar-refractivity contribution in [3.8, 4) is 5.75 Å². The second kappa shape index (κ2) is 8.63. The fourth-order valence-corrected chi connectivity index (χ4v) is 4.72. The number of carbonyl (C=O) groups is 1. The molecule has 3 heterocycles. The van der Waals surface area contributed by atoms with E-state index in [0.717, 1.165) is 35.7 Å². The fourth-order valence-electron chi connectivity index (χ4n) is 4.72. The molecule has 0 spiro atoms. The van der Waals surface area contributed by atoms with Crippen LogP contribution in [-0.4, -0.2) is 46.3 Å². The molecular weight excluding hydrogens is 400 g/mol. The molecule has 164 valence electrons. The van der Waals surface area contributed by atoms with Gasteiger partial charge >= 0.3 is 0 Å². The molecule has 0 radical (unpaired) electrons. The summed E-state index contributed by atoms with van der Waals surface area (Å²) in [5.74, 6) is 0.836. The third-order valence-electron chi connectivity index (χ3n) is 6.58. The highest BCUT2D eigenvalue weighted by Crippen LogP contribution is 2.34. The Kier molecular flexibility index (Phi) is 5.53. The second-order valence-electron chi connectivity index (χ2n) is 8.42. The Balaban J connectivity index is 1.41. The van der Waals surface area contributed by atoms with Gasteiger partial charge in [0.1, 0.15) is 5.75 Å². The van der Waals surface area contributed by atoms with E-state index in [9.17, 15) is 4.79 Å². The zero-order valence-corrected chi connectivity index (χ0v) is 18.5. The van der Waals surface area contributed by atoms with Crippen LogP contribution in [0.15, 0.2) is 78.0 Å². The van der Waals surface area contributed by atoms with Crippen molar-refractivity contribution >= 4 is 11.6 Å². The predicted molar refractivity (Wildman–Crippen MR) is 125 cm³/mol. The van der Waals surface area contributed by atoms with Crippen molar-refractivity contribution in [2.45, 2.75) is 32.0 Å². The normalized spacial score (nSPS) is 20.7. The first-order chi connectivity index (χ1) is 15.6. The molecule has 5 rings (SSSR count). The summed E-state index contributed by atoms with van der Waals surface area (Å²) in [7, 11) is 1.66. The van der Waals surface area contributed by atoms with E-state index in [0.29, 0.717) is 13.0 Å². The van der Waals surface area contributed by atoms with Crippen molar-refractivity contribution < 1.29 is 9.53 Å². The number of rotatable bonds is 5. The van der Waals surface area contributed by atoms with E-state index < -0.39 is 0 Å². The Morgan fingerprint density at radius 1 is 1.03 bits per heavy atom. The van der Waals surface area contributed by atoms with Crippen molar-refractivity contribution in [3.05, 3.63) is 89.7 Å². The predicted octanol–water partition coefficient (Wildman–Crippen LogP) is 4.25. The van der Waals surface area contributed by atoms with E-state index in [4.69, 9.17) is 9.84 Å². The van der Waals surface area contributed by atoms with Gasteiger partial charge in [-0.25, -0.2) is 5.01 Å². The lowest BCUT2D eigenvalue weighted by atomic mass is 9.98. The van der Waals surface area contributed by atoms with Crippen LogP contribution in [0, 0.1) is 0 Å². The lowest BCUT2D eigenvalue weighted by Crippen LogP contribution is -2.43. The van der Waals surface area contributed by atoms with Gasteiger partial charge in [-0.05, 0) is 42.3 Å². The molecule has 0 unspecified atom stereocenters. The molecular formula is C26H28N4O2. The number of fused-ring (bicyclic) bond motifs is 1. The van der Waals surface area contributed by atoms with Crippen molar-refractivity contribution in [3.63, 3.8) is 0 Å². The van der Waals surface area contributed by atoms with Crippen molar-refractivity contribution in [1.29, 1.82) is 0 Å². The Hall–Kier alpha value is -3.38. The van der Waals surface area contributed by atoms with E-state index >= 15 is 0 Å². The maximum absolute atomic E-state index is 13.5. The Morgan fingerprint density at radius 2 is 1.81 bits per heavy atom. The molecule has 0 saturated heterocycles. The molecule has 1 amide bonds. The zero-order chi connectivity index (χ0) is 22.1. The molecule has 3 aromatic rings. The van der Waals surface area contributed by atoms with Crippen molar-refractivity contribution in [1.82, 2.24) is 14.5 Å². The van der Waals surface area contributed by atoms with Crippen molar-refractivity contribution in [2.75, 3.05) is 20.2 Å². The highest BCUT2D eigenvalue weighted by Gasteiger charge is 2.35. The zero-order valence-electron chi connectivity index (χ0n) is 18.5. The minimum Gasteiger partial charge on any atom is -0.497 e. The number of carbonyl (C=O) groups excluding carboxylic acids is 1. The van der Waals surface area contributed by atoms with Gasteiger partial charge < -0.3 is 9.30 Å². The fraction of sp³-hybridized carbons (Fsp3) is 0.308. The molecule has 0 fully saturated rings. The molecule has 2 atom stereocenters. The summed E-state index contributed by atoms with van der Waals surface area (Å²) in [5, 5.41) is 6.52. The standard InChI is InChI=1S/C26H28N4O2/c1-19-24-9-6-14-28(24)15-16-29(19)18-26(31)30-25(21-10-12-22(32-2)13-11-21)17-23(27-30)20-7-4-3-5-8-20/h3-14,19,25H,15-18H2,1-2H3/t19-,25+/m1/s1. The number of amides is 1. The number of benzene rings is 2. The number of aromatic nitrogens is 1.